The fourth-order valence-corrected chi connectivity index (χ4v) is 3.69. The van der Waals surface area contributed by atoms with Gasteiger partial charge in [-0.1, -0.05) is 54.1 Å². The number of amides is 2. The Kier molecular flexibility index (Phi) is 7.34. The van der Waals surface area contributed by atoms with Crippen LogP contribution in [0.3, 0.4) is 0 Å². The van der Waals surface area contributed by atoms with E-state index in [4.69, 9.17) is 11.6 Å². The number of ketones is 1. The topological polar surface area (TPSA) is 66.5 Å². The van der Waals surface area contributed by atoms with E-state index >= 15 is 0 Å². The molecule has 0 heterocycles. The van der Waals surface area contributed by atoms with Gasteiger partial charge in [-0.3, -0.25) is 19.3 Å². The van der Waals surface area contributed by atoms with Gasteiger partial charge in [-0.15, -0.1) is 0 Å². The molecule has 0 bridgehead atoms. The third kappa shape index (κ3) is 5.88. The Hall–Kier alpha value is -3.44. The number of hydrogen-bond acceptors (Lipinski definition) is 3. The molecule has 0 aliphatic heterocycles. The molecule has 0 radical (unpaired) electrons. The number of Topliss-reactive ketones (excluding diaryl/α,β-unsaturated/α-hetero) is 1. The summed E-state index contributed by atoms with van der Waals surface area (Å²) in [5, 5.41) is 3.50. The van der Waals surface area contributed by atoms with Crippen LogP contribution >= 0.6 is 11.6 Å². The van der Waals surface area contributed by atoms with Crippen molar-refractivity contribution in [1.82, 2.24) is 5.32 Å². The fraction of sp³-hybridized carbons (Fsp3) is 0.222. The lowest BCUT2D eigenvalue weighted by molar-refractivity contribution is -0.123. The molecule has 0 saturated heterocycles. The molecular formula is C27H27ClN2O3. The van der Waals surface area contributed by atoms with Crippen LogP contribution < -0.4 is 10.2 Å². The summed E-state index contributed by atoms with van der Waals surface area (Å²) < 4.78 is 0. The molecule has 0 saturated carbocycles. The molecule has 2 amide bonds. The van der Waals surface area contributed by atoms with Crippen molar-refractivity contribution in [2.45, 2.75) is 39.3 Å². The lowest BCUT2D eigenvalue weighted by atomic mass is 9.98. The highest BCUT2D eigenvalue weighted by atomic mass is 35.5. The maximum Gasteiger partial charge on any atom is 0.259 e. The number of carbonyl (C=O) groups is 3. The molecular weight excluding hydrogens is 436 g/mol. The van der Waals surface area contributed by atoms with E-state index in [1.165, 1.54) is 11.8 Å². The molecule has 0 aliphatic carbocycles. The van der Waals surface area contributed by atoms with Gasteiger partial charge in [-0.2, -0.15) is 0 Å². The predicted octanol–water partition coefficient (Wildman–Crippen LogP) is 5.85. The molecule has 1 unspecified atom stereocenters. The minimum absolute atomic E-state index is 0.206. The van der Waals surface area contributed by atoms with Crippen molar-refractivity contribution in [1.29, 1.82) is 0 Å². The smallest absolute Gasteiger partial charge is 0.259 e. The van der Waals surface area contributed by atoms with Gasteiger partial charge in [0.05, 0.1) is 5.69 Å². The number of carbonyl (C=O) groups excluding carboxylic acids is 3. The first kappa shape index (κ1) is 24.2. The second kappa shape index (κ2) is 10.0. The number of anilines is 1. The zero-order valence-electron chi connectivity index (χ0n) is 19.1. The maximum atomic E-state index is 13.9. The van der Waals surface area contributed by atoms with Crippen LogP contribution in [0.25, 0.3) is 0 Å². The number of nitrogens with zero attached hydrogens (tertiary/aromatic N) is 1. The lowest BCUT2D eigenvalue weighted by Crippen LogP contribution is -2.49. The maximum absolute atomic E-state index is 13.9. The summed E-state index contributed by atoms with van der Waals surface area (Å²) >= 11 is 6.10. The third-order valence-electron chi connectivity index (χ3n) is 4.97. The molecule has 5 nitrogen and oxygen atoms in total. The van der Waals surface area contributed by atoms with Gasteiger partial charge in [0.1, 0.15) is 6.04 Å². The van der Waals surface area contributed by atoms with Crippen molar-refractivity contribution in [2.24, 2.45) is 0 Å². The number of hydrogen-bond donors (Lipinski definition) is 1. The van der Waals surface area contributed by atoms with Crippen LogP contribution in [-0.2, 0) is 4.79 Å². The van der Waals surface area contributed by atoms with Gasteiger partial charge in [0.25, 0.3) is 5.91 Å². The minimum Gasteiger partial charge on any atom is -0.349 e. The van der Waals surface area contributed by atoms with Crippen LogP contribution in [0, 0.1) is 0 Å². The first-order valence-electron chi connectivity index (χ1n) is 10.6. The highest BCUT2D eigenvalue weighted by molar-refractivity contribution is 6.30. The molecule has 3 aromatic rings. The number of rotatable bonds is 6. The molecule has 1 N–H and O–H groups in total. The van der Waals surface area contributed by atoms with Gasteiger partial charge in [0.2, 0.25) is 5.91 Å². The Morgan fingerprint density at radius 3 is 2.00 bits per heavy atom. The largest absolute Gasteiger partial charge is 0.349 e. The van der Waals surface area contributed by atoms with E-state index in [-0.39, 0.29) is 11.7 Å². The molecule has 0 spiro atoms. The zero-order valence-corrected chi connectivity index (χ0v) is 19.9. The minimum atomic E-state index is -1.03. The second-order valence-corrected chi connectivity index (χ2v) is 9.24. The molecule has 170 valence electrons. The number of halogens is 1. The average molecular weight is 463 g/mol. The van der Waals surface area contributed by atoms with Crippen LogP contribution in [-0.4, -0.2) is 23.1 Å². The number of para-hydroxylation sites is 1. The van der Waals surface area contributed by atoms with Crippen LogP contribution in [0.5, 0.6) is 0 Å². The molecule has 33 heavy (non-hydrogen) atoms. The summed E-state index contributed by atoms with van der Waals surface area (Å²) in [5.74, 6) is -0.969. The van der Waals surface area contributed by atoms with Crippen LogP contribution in [0.2, 0.25) is 5.02 Å². The Morgan fingerprint density at radius 2 is 1.42 bits per heavy atom. The normalized spacial score (nSPS) is 12.0. The molecule has 3 rings (SSSR count). The van der Waals surface area contributed by atoms with Gasteiger partial charge in [-0.05, 0) is 69.7 Å². The van der Waals surface area contributed by atoms with E-state index in [1.54, 1.807) is 72.8 Å². The summed E-state index contributed by atoms with van der Waals surface area (Å²) in [6.45, 7) is 7.06. The van der Waals surface area contributed by atoms with Gasteiger partial charge in [-0.25, -0.2) is 0 Å². The monoisotopic (exact) mass is 462 g/mol. The molecule has 0 aliphatic rings. The Morgan fingerprint density at radius 1 is 0.848 bits per heavy atom. The SMILES string of the molecule is CC(=O)c1ccccc1N(C(=O)c1ccccc1)C(C(=O)NC(C)(C)C)c1ccc(Cl)cc1. The van der Waals surface area contributed by atoms with E-state index < -0.39 is 17.5 Å². The van der Waals surface area contributed by atoms with Crippen molar-refractivity contribution < 1.29 is 14.4 Å². The van der Waals surface area contributed by atoms with Gasteiger partial charge in [0.15, 0.2) is 5.78 Å². The summed E-state index contributed by atoms with van der Waals surface area (Å²) in [7, 11) is 0. The van der Waals surface area contributed by atoms with Gasteiger partial charge < -0.3 is 5.32 Å². The quantitative estimate of drug-likeness (QED) is 0.467. The zero-order chi connectivity index (χ0) is 24.2. The van der Waals surface area contributed by atoms with Crippen molar-refractivity contribution in [3.8, 4) is 0 Å². The van der Waals surface area contributed by atoms with Gasteiger partial charge in [0, 0.05) is 21.7 Å². The van der Waals surface area contributed by atoms with Crippen molar-refractivity contribution in [3.05, 3.63) is 101 Å². The Balaban J connectivity index is 2.27. The van der Waals surface area contributed by atoms with Crippen molar-refractivity contribution in [2.75, 3.05) is 4.90 Å². The van der Waals surface area contributed by atoms with E-state index in [1.807, 2.05) is 26.8 Å². The summed E-state index contributed by atoms with van der Waals surface area (Å²) in [5.41, 5.74) is 1.15. The number of nitrogens with one attached hydrogen (secondary N) is 1. The third-order valence-corrected chi connectivity index (χ3v) is 5.22. The Bertz CT molecular complexity index is 1150. The van der Waals surface area contributed by atoms with Crippen molar-refractivity contribution >= 4 is 34.9 Å². The fourth-order valence-electron chi connectivity index (χ4n) is 3.57. The molecule has 3 aromatic carbocycles. The predicted molar refractivity (Wildman–Crippen MR) is 132 cm³/mol. The summed E-state index contributed by atoms with van der Waals surface area (Å²) in [6.07, 6.45) is 0. The van der Waals surface area contributed by atoms with Gasteiger partial charge >= 0.3 is 0 Å². The average Bonchev–Trinajstić information content (AvgIpc) is 2.77. The first-order valence-corrected chi connectivity index (χ1v) is 11.0. The highest BCUT2D eigenvalue weighted by Crippen LogP contribution is 2.33. The molecule has 0 fully saturated rings. The molecule has 1 atom stereocenters. The van der Waals surface area contributed by atoms with Crippen LogP contribution in [0.1, 0.15) is 60.0 Å². The summed E-state index contributed by atoms with van der Waals surface area (Å²) in [6, 6.07) is 21.3. The van der Waals surface area contributed by atoms with Crippen LogP contribution in [0.4, 0.5) is 5.69 Å². The Labute approximate surface area is 199 Å². The van der Waals surface area contributed by atoms with Crippen molar-refractivity contribution in [3.63, 3.8) is 0 Å². The number of benzene rings is 3. The van der Waals surface area contributed by atoms with E-state index in [0.29, 0.717) is 27.4 Å². The first-order chi connectivity index (χ1) is 15.6. The lowest BCUT2D eigenvalue weighted by Gasteiger charge is -2.34. The molecule has 6 heteroatoms. The van der Waals surface area contributed by atoms with E-state index in [2.05, 4.69) is 5.32 Å². The second-order valence-electron chi connectivity index (χ2n) is 8.81. The molecule has 0 aromatic heterocycles. The van der Waals surface area contributed by atoms with E-state index in [0.717, 1.165) is 0 Å². The van der Waals surface area contributed by atoms with E-state index in [9.17, 15) is 14.4 Å². The standard InChI is InChI=1S/C27H27ClN2O3/c1-18(31)22-12-8-9-13-23(22)30(26(33)20-10-6-5-7-11-20)24(25(32)29-27(2,3)4)19-14-16-21(28)17-15-19/h5-17,24H,1-4H3,(H,29,32). The van der Waals surface area contributed by atoms with Crippen LogP contribution in [0.15, 0.2) is 78.9 Å². The highest BCUT2D eigenvalue weighted by Gasteiger charge is 2.36. The summed E-state index contributed by atoms with van der Waals surface area (Å²) in [4.78, 5) is 41.4.